The summed E-state index contributed by atoms with van der Waals surface area (Å²) in [6, 6.07) is 0. The molecule has 1 aromatic rings. The van der Waals surface area contributed by atoms with E-state index in [4.69, 9.17) is 15.0 Å². The molecule has 1 aromatic heterocycles. The highest BCUT2D eigenvalue weighted by atomic mass is 16.5. The first kappa shape index (κ1) is 8.56. The lowest BCUT2D eigenvalue weighted by molar-refractivity contribution is 0.0789. The van der Waals surface area contributed by atoms with Gasteiger partial charge in [0.1, 0.15) is 5.76 Å². The van der Waals surface area contributed by atoms with Gasteiger partial charge < -0.3 is 15.0 Å². The van der Waals surface area contributed by atoms with E-state index >= 15 is 0 Å². The lowest BCUT2D eigenvalue weighted by Gasteiger charge is -2.19. The van der Waals surface area contributed by atoms with Crippen molar-refractivity contribution in [3.63, 3.8) is 0 Å². The minimum atomic E-state index is 0.443. The second-order valence-electron chi connectivity index (χ2n) is 3.44. The molecule has 0 aliphatic carbocycles. The molecule has 1 fully saturated rings. The predicted octanol–water partition coefficient (Wildman–Crippen LogP) is 1.46. The number of hydrogen-bond acceptors (Lipinski definition) is 4. The maximum Gasteiger partial charge on any atom is 0.170 e. The smallest absolute Gasteiger partial charge is 0.170 e. The van der Waals surface area contributed by atoms with Crippen molar-refractivity contribution in [3.8, 4) is 0 Å². The first-order valence-electron chi connectivity index (χ1n) is 4.58. The Kier molecular flexibility index (Phi) is 2.22. The number of ether oxygens (including phenoxy) is 1. The minimum Gasteiger partial charge on any atom is -0.381 e. The quantitative estimate of drug-likeness (QED) is 0.714. The summed E-state index contributed by atoms with van der Waals surface area (Å²) in [5, 5.41) is 3.75. The Morgan fingerprint density at radius 2 is 2.08 bits per heavy atom. The standard InChI is InChI=1S/C9H14N2O2/c1-6-8(13-11-9(6)10)7-2-4-12-5-3-7/h7H,2-5H2,1H3,(H2,10,11). The second kappa shape index (κ2) is 3.38. The predicted molar refractivity (Wildman–Crippen MR) is 48.4 cm³/mol. The lowest BCUT2D eigenvalue weighted by Crippen LogP contribution is -2.14. The van der Waals surface area contributed by atoms with Crippen LogP contribution in [0.15, 0.2) is 4.52 Å². The molecule has 0 unspecified atom stereocenters. The zero-order chi connectivity index (χ0) is 9.26. The molecule has 0 bridgehead atoms. The van der Waals surface area contributed by atoms with Crippen molar-refractivity contribution in [1.82, 2.24) is 5.16 Å². The highest BCUT2D eigenvalue weighted by Crippen LogP contribution is 2.30. The topological polar surface area (TPSA) is 61.3 Å². The molecule has 72 valence electrons. The maximum atomic E-state index is 5.61. The van der Waals surface area contributed by atoms with Crippen LogP contribution in [-0.2, 0) is 4.74 Å². The third-order valence-electron chi connectivity index (χ3n) is 2.59. The first-order chi connectivity index (χ1) is 6.29. The van der Waals surface area contributed by atoms with Crippen LogP contribution in [0, 0.1) is 6.92 Å². The van der Waals surface area contributed by atoms with E-state index in [1.807, 2.05) is 6.92 Å². The molecule has 0 amide bonds. The number of hydrogen-bond donors (Lipinski definition) is 1. The van der Waals surface area contributed by atoms with Crippen LogP contribution in [0.4, 0.5) is 5.82 Å². The van der Waals surface area contributed by atoms with E-state index in [1.165, 1.54) is 0 Å². The summed E-state index contributed by atoms with van der Waals surface area (Å²) in [5.74, 6) is 1.90. The molecule has 4 nitrogen and oxygen atoms in total. The van der Waals surface area contributed by atoms with Gasteiger partial charge in [-0.2, -0.15) is 0 Å². The van der Waals surface area contributed by atoms with Gasteiger partial charge in [0, 0.05) is 24.7 Å². The van der Waals surface area contributed by atoms with Gasteiger partial charge in [-0.05, 0) is 19.8 Å². The van der Waals surface area contributed by atoms with Crippen molar-refractivity contribution >= 4 is 5.82 Å². The third kappa shape index (κ3) is 1.54. The van der Waals surface area contributed by atoms with Crippen LogP contribution >= 0.6 is 0 Å². The van der Waals surface area contributed by atoms with E-state index in [-0.39, 0.29) is 0 Å². The van der Waals surface area contributed by atoms with Crippen molar-refractivity contribution in [3.05, 3.63) is 11.3 Å². The summed E-state index contributed by atoms with van der Waals surface area (Å²) in [5.41, 5.74) is 6.60. The fraction of sp³-hybridized carbons (Fsp3) is 0.667. The normalized spacial score (nSPS) is 19.2. The maximum absolute atomic E-state index is 5.61. The molecule has 0 aromatic carbocycles. The van der Waals surface area contributed by atoms with E-state index in [9.17, 15) is 0 Å². The highest BCUT2D eigenvalue weighted by Gasteiger charge is 2.22. The lowest BCUT2D eigenvalue weighted by atomic mass is 9.95. The van der Waals surface area contributed by atoms with Crippen molar-refractivity contribution in [1.29, 1.82) is 0 Å². The fourth-order valence-corrected chi connectivity index (χ4v) is 1.70. The number of nitrogens with two attached hydrogens (primary N) is 1. The number of aromatic nitrogens is 1. The highest BCUT2D eigenvalue weighted by molar-refractivity contribution is 5.40. The van der Waals surface area contributed by atoms with Gasteiger partial charge in [0.2, 0.25) is 0 Å². The second-order valence-corrected chi connectivity index (χ2v) is 3.44. The fourth-order valence-electron chi connectivity index (χ4n) is 1.70. The SMILES string of the molecule is Cc1c(N)noc1C1CCOCC1. The van der Waals surface area contributed by atoms with Gasteiger partial charge in [-0.15, -0.1) is 0 Å². The zero-order valence-corrected chi connectivity index (χ0v) is 7.75. The summed E-state index contributed by atoms with van der Waals surface area (Å²) in [6.07, 6.45) is 2.02. The number of anilines is 1. The average Bonchev–Trinajstić information content (AvgIpc) is 2.49. The van der Waals surface area contributed by atoms with Crippen LogP contribution in [-0.4, -0.2) is 18.4 Å². The van der Waals surface area contributed by atoms with Crippen molar-refractivity contribution < 1.29 is 9.26 Å². The Labute approximate surface area is 77.0 Å². The summed E-state index contributed by atoms with van der Waals surface area (Å²) in [6.45, 7) is 3.58. The van der Waals surface area contributed by atoms with E-state index in [0.717, 1.165) is 37.4 Å². The summed E-state index contributed by atoms with van der Waals surface area (Å²) >= 11 is 0. The molecule has 0 saturated carbocycles. The van der Waals surface area contributed by atoms with Gasteiger partial charge in [-0.25, -0.2) is 0 Å². The number of nitrogens with zero attached hydrogens (tertiary/aromatic N) is 1. The van der Waals surface area contributed by atoms with Crippen molar-refractivity contribution in [2.75, 3.05) is 18.9 Å². The summed E-state index contributed by atoms with van der Waals surface area (Å²) in [7, 11) is 0. The van der Waals surface area contributed by atoms with E-state index in [0.29, 0.717) is 11.7 Å². The Hall–Kier alpha value is -1.03. The van der Waals surface area contributed by atoms with Gasteiger partial charge in [-0.3, -0.25) is 0 Å². The van der Waals surface area contributed by atoms with Crippen LogP contribution in [0.25, 0.3) is 0 Å². The van der Waals surface area contributed by atoms with E-state index in [2.05, 4.69) is 5.16 Å². The minimum absolute atomic E-state index is 0.443. The van der Waals surface area contributed by atoms with Crippen LogP contribution < -0.4 is 5.73 Å². The van der Waals surface area contributed by atoms with Crippen LogP contribution in [0.3, 0.4) is 0 Å². The molecule has 4 heteroatoms. The molecule has 1 saturated heterocycles. The molecule has 2 N–H and O–H groups in total. The van der Waals surface area contributed by atoms with Crippen molar-refractivity contribution in [2.45, 2.75) is 25.7 Å². The molecule has 2 heterocycles. The van der Waals surface area contributed by atoms with Gasteiger partial charge >= 0.3 is 0 Å². The Balaban J connectivity index is 2.18. The summed E-state index contributed by atoms with van der Waals surface area (Å²) < 4.78 is 10.5. The van der Waals surface area contributed by atoms with E-state index in [1.54, 1.807) is 0 Å². The van der Waals surface area contributed by atoms with Crippen LogP contribution in [0.1, 0.15) is 30.1 Å². The zero-order valence-electron chi connectivity index (χ0n) is 7.75. The van der Waals surface area contributed by atoms with Gasteiger partial charge in [0.15, 0.2) is 5.82 Å². The largest absolute Gasteiger partial charge is 0.381 e. The van der Waals surface area contributed by atoms with E-state index < -0.39 is 0 Å². The number of nitrogen functional groups attached to an aromatic ring is 1. The molecule has 13 heavy (non-hydrogen) atoms. The number of rotatable bonds is 1. The molecule has 0 radical (unpaired) electrons. The van der Waals surface area contributed by atoms with Crippen LogP contribution in [0.5, 0.6) is 0 Å². The van der Waals surface area contributed by atoms with Gasteiger partial charge in [0.25, 0.3) is 0 Å². The Bertz CT molecular complexity index is 290. The van der Waals surface area contributed by atoms with Crippen LogP contribution in [0.2, 0.25) is 0 Å². The average molecular weight is 182 g/mol. The molecule has 0 atom stereocenters. The molecule has 0 spiro atoms. The molecule has 1 aliphatic rings. The summed E-state index contributed by atoms with van der Waals surface area (Å²) in [4.78, 5) is 0. The Morgan fingerprint density at radius 1 is 1.38 bits per heavy atom. The van der Waals surface area contributed by atoms with Gasteiger partial charge in [0.05, 0.1) is 0 Å². The van der Waals surface area contributed by atoms with Crippen molar-refractivity contribution in [2.24, 2.45) is 0 Å². The molecular formula is C9H14N2O2. The molecule has 1 aliphatic heterocycles. The molecule has 2 rings (SSSR count). The third-order valence-corrected chi connectivity index (χ3v) is 2.59. The first-order valence-corrected chi connectivity index (χ1v) is 4.58. The Morgan fingerprint density at radius 3 is 2.62 bits per heavy atom. The monoisotopic (exact) mass is 182 g/mol. The van der Waals surface area contributed by atoms with Gasteiger partial charge in [-0.1, -0.05) is 5.16 Å². The molecular weight excluding hydrogens is 168 g/mol.